The molecule has 1 aromatic heterocycles. The van der Waals surface area contributed by atoms with Crippen LogP contribution in [0.2, 0.25) is 0 Å². The molecule has 0 saturated heterocycles. The third-order valence-electron chi connectivity index (χ3n) is 5.07. The quantitative estimate of drug-likeness (QED) is 0.550. The van der Waals surface area contributed by atoms with Crippen LogP contribution in [-0.2, 0) is 17.8 Å². The maximum atomic E-state index is 12.9. The molecule has 0 atom stereocenters. The molecule has 6 heteroatoms. The highest BCUT2D eigenvalue weighted by atomic mass is 16.6. The van der Waals surface area contributed by atoms with Gasteiger partial charge in [0.25, 0.3) is 0 Å². The largest absolute Gasteiger partial charge is 0.486 e. The van der Waals surface area contributed by atoms with Crippen LogP contribution >= 0.6 is 0 Å². The van der Waals surface area contributed by atoms with Crippen LogP contribution in [0.3, 0.4) is 0 Å². The standard InChI is InChI=1S/C24H21N3O3/c28-24(25-18-10-11-21-22(15-18)30-13-12-29-21)16-27-20-9-5-4-8-19(20)26-23(27)14-17-6-2-1-3-7-17/h1-11,15H,12-14,16H2,(H,25,28). The summed E-state index contributed by atoms with van der Waals surface area (Å²) in [5.41, 5.74) is 3.66. The first-order valence-electron chi connectivity index (χ1n) is 9.94. The van der Waals surface area contributed by atoms with Gasteiger partial charge < -0.3 is 19.4 Å². The van der Waals surface area contributed by atoms with Crippen LogP contribution < -0.4 is 14.8 Å². The lowest BCUT2D eigenvalue weighted by Gasteiger charge is -2.19. The smallest absolute Gasteiger partial charge is 0.244 e. The molecular weight excluding hydrogens is 378 g/mol. The van der Waals surface area contributed by atoms with Crippen molar-refractivity contribution in [2.45, 2.75) is 13.0 Å². The Morgan fingerprint density at radius 2 is 1.70 bits per heavy atom. The number of anilines is 1. The number of carbonyl (C=O) groups is 1. The molecule has 3 aromatic carbocycles. The Balaban J connectivity index is 1.40. The highest BCUT2D eigenvalue weighted by molar-refractivity contribution is 5.92. The highest BCUT2D eigenvalue weighted by Crippen LogP contribution is 2.32. The zero-order valence-corrected chi connectivity index (χ0v) is 16.4. The van der Waals surface area contributed by atoms with Gasteiger partial charge in [0.2, 0.25) is 5.91 Å². The third-order valence-corrected chi connectivity index (χ3v) is 5.07. The van der Waals surface area contributed by atoms with Gasteiger partial charge >= 0.3 is 0 Å². The maximum absolute atomic E-state index is 12.9. The van der Waals surface area contributed by atoms with Crippen LogP contribution in [0.4, 0.5) is 5.69 Å². The van der Waals surface area contributed by atoms with E-state index in [4.69, 9.17) is 14.5 Å². The molecule has 0 unspecified atom stereocenters. The average Bonchev–Trinajstić information content (AvgIpc) is 3.11. The van der Waals surface area contributed by atoms with Gasteiger partial charge in [-0.25, -0.2) is 4.98 Å². The Hall–Kier alpha value is -3.80. The summed E-state index contributed by atoms with van der Waals surface area (Å²) in [5.74, 6) is 2.09. The molecule has 30 heavy (non-hydrogen) atoms. The number of fused-ring (bicyclic) bond motifs is 2. The van der Waals surface area contributed by atoms with Crippen LogP contribution in [0, 0.1) is 0 Å². The van der Waals surface area contributed by atoms with Gasteiger partial charge in [-0.15, -0.1) is 0 Å². The van der Waals surface area contributed by atoms with E-state index in [-0.39, 0.29) is 12.5 Å². The normalized spacial score (nSPS) is 12.7. The molecule has 5 rings (SSSR count). The molecule has 2 heterocycles. The Morgan fingerprint density at radius 3 is 2.57 bits per heavy atom. The van der Waals surface area contributed by atoms with Gasteiger partial charge in [-0.3, -0.25) is 4.79 Å². The first-order valence-corrected chi connectivity index (χ1v) is 9.94. The van der Waals surface area contributed by atoms with E-state index in [0.717, 1.165) is 22.4 Å². The molecule has 1 amide bonds. The minimum Gasteiger partial charge on any atom is -0.486 e. The Morgan fingerprint density at radius 1 is 0.933 bits per heavy atom. The predicted molar refractivity (Wildman–Crippen MR) is 115 cm³/mol. The van der Waals surface area contributed by atoms with Crippen molar-refractivity contribution >= 4 is 22.6 Å². The first kappa shape index (κ1) is 18.2. The monoisotopic (exact) mass is 399 g/mol. The number of nitrogens with zero attached hydrogens (tertiary/aromatic N) is 2. The number of imidazole rings is 1. The summed E-state index contributed by atoms with van der Waals surface area (Å²) in [7, 11) is 0. The molecule has 150 valence electrons. The third kappa shape index (κ3) is 3.72. The lowest BCUT2D eigenvalue weighted by atomic mass is 10.1. The number of benzene rings is 3. The second-order valence-electron chi connectivity index (χ2n) is 7.17. The lowest BCUT2D eigenvalue weighted by Crippen LogP contribution is -2.21. The fourth-order valence-corrected chi connectivity index (χ4v) is 3.68. The molecular formula is C24H21N3O3. The van der Waals surface area contributed by atoms with Gasteiger partial charge in [0.05, 0.1) is 11.0 Å². The molecule has 0 bridgehead atoms. The number of aromatic nitrogens is 2. The molecule has 0 radical (unpaired) electrons. The summed E-state index contributed by atoms with van der Waals surface area (Å²) in [5, 5.41) is 2.96. The van der Waals surface area contributed by atoms with E-state index < -0.39 is 0 Å². The molecule has 0 saturated carbocycles. The number of rotatable bonds is 5. The number of amides is 1. The van der Waals surface area contributed by atoms with Gasteiger partial charge in [-0.2, -0.15) is 0 Å². The SMILES string of the molecule is O=C(Cn1c(Cc2ccccc2)nc2ccccc21)Nc1ccc2c(c1)OCCO2. The number of para-hydroxylation sites is 2. The van der Waals surface area contributed by atoms with E-state index in [1.54, 1.807) is 6.07 Å². The molecule has 6 nitrogen and oxygen atoms in total. The molecule has 0 fully saturated rings. The van der Waals surface area contributed by atoms with E-state index in [9.17, 15) is 4.79 Å². The van der Waals surface area contributed by atoms with Crippen LogP contribution in [0.1, 0.15) is 11.4 Å². The van der Waals surface area contributed by atoms with Crippen molar-refractivity contribution in [1.29, 1.82) is 0 Å². The fraction of sp³-hybridized carbons (Fsp3) is 0.167. The Labute approximate surface area is 174 Å². The summed E-state index contributed by atoms with van der Waals surface area (Å²) in [6, 6.07) is 23.5. The first-order chi connectivity index (χ1) is 14.8. The van der Waals surface area contributed by atoms with E-state index in [0.29, 0.717) is 36.8 Å². The van der Waals surface area contributed by atoms with E-state index >= 15 is 0 Å². The van der Waals surface area contributed by atoms with Crippen molar-refractivity contribution in [3.63, 3.8) is 0 Å². The second-order valence-corrected chi connectivity index (χ2v) is 7.17. The Kier molecular flexibility index (Phi) is 4.81. The van der Waals surface area contributed by atoms with Crippen molar-refractivity contribution in [2.24, 2.45) is 0 Å². The van der Waals surface area contributed by atoms with Gasteiger partial charge in [0.1, 0.15) is 25.6 Å². The number of hydrogen-bond donors (Lipinski definition) is 1. The van der Waals surface area contributed by atoms with Crippen molar-refractivity contribution in [3.05, 3.63) is 84.2 Å². The van der Waals surface area contributed by atoms with Gasteiger partial charge in [-0.05, 0) is 29.8 Å². The van der Waals surface area contributed by atoms with E-state index in [1.165, 1.54) is 0 Å². The number of hydrogen-bond acceptors (Lipinski definition) is 4. The molecule has 1 N–H and O–H groups in total. The van der Waals surface area contributed by atoms with E-state index in [2.05, 4.69) is 17.4 Å². The zero-order valence-electron chi connectivity index (χ0n) is 16.4. The number of carbonyl (C=O) groups excluding carboxylic acids is 1. The van der Waals surface area contributed by atoms with Gasteiger partial charge in [0, 0.05) is 18.2 Å². The summed E-state index contributed by atoms with van der Waals surface area (Å²) >= 11 is 0. The summed E-state index contributed by atoms with van der Waals surface area (Å²) in [6.07, 6.45) is 0.660. The fourth-order valence-electron chi connectivity index (χ4n) is 3.68. The molecule has 0 spiro atoms. The summed E-state index contributed by atoms with van der Waals surface area (Å²) in [6.45, 7) is 1.22. The zero-order chi connectivity index (χ0) is 20.3. The van der Waals surface area contributed by atoms with Gasteiger partial charge in [0.15, 0.2) is 11.5 Å². The molecule has 0 aliphatic carbocycles. The predicted octanol–water partition coefficient (Wildman–Crippen LogP) is 4.04. The molecule has 4 aromatic rings. The van der Waals surface area contributed by atoms with Crippen LogP contribution in [-0.4, -0.2) is 28.7 Å². The topological polar surface area (TPSA) is 65.4 Å². The van der Waals surface area contributed by atoms with Crippen LogP contribution in [0.15, 0.2) is 72.8 Å². The van der Waals surface area contributed by atoms with Gasteiger partial charge in [-0.1, -0.05) is 42.5 Å². The average molecular weight is 399 g/mol. The lowest BCUT2D eigenvalue weighted by molar-refractivity contribution is -0.116. The number of ether oxygens (including phenoxy) is 2. The summed E-state index contributed by atoms with van der Waals surface area (Å²) in [4.78, 5) is 17.6. The Bertz CT molecular complexity index is 1200. The van der Waals surface area contributed by atoms with Crippen molar-refractivity contribution in [1.82, 2.24) is 9.55 Å². The summed E-state index contributed by atoms with van der Waals surface area (Å²) < 4.78 is 13.1. The minimum atomic E-state index is -0.121. The number of nitrogens with one attached hydrogen (secondary N) is 1. The minimum absolute atomic E-state index is 0.121. The maximum Gasteiger partial charge on any atom is 0.244 e. The van der Waals surface area contributed by atoms with Crippen LogP contribution in [0.5, 0.6) is 11.5 Å². The highest BCUT2D eigenvalue weighted by Gasteiger charge is 2.16. The van der Waals surface area contributed by atoms with Crippen LogP contribution in [0.25, 0.3) is 11.0 Å². The van der Waals surface area contributed by atoms with Crippen molar-refractivity contribution in [2.75, 3.05) is 18.5 Å². The molecule has 1 aliphatic rings. The second kappa shape index (κ2) is 7.91. The molecule has 1 aliphatic heterocycles. The van der Waals surface area contributed by atoms with E-state index in [1.807, 2.05) is 59.2 Å². The van der Waals surface area contributed by atoms with Crippen molar-refractivity contribution in [3.8, 4) is 11.5 Å². The van der Waals surface area contributed by atoms with Crippen molar-refractivity contribution < 1.29 is 14.3 Å².